The first kappa shape index (κ1) is 24.7. The van der Waals surface area contributed by atoms with Gasteiger partial charge in [-0.1, -0.05) is 50.6 Å². The molecule has 0 saturated carbocycles. The molecule has 4 aromatic rings. The van der Waals surface area contributed by atoms with Gasteiger partial charge in [-0.05, 0) is 37.1 Å². The average Bonchev–Trinajstić information content (AvgIpc) is 3.22. The number of ether oxygens (including phenoxy) is 1. The van der Waals surface area contributed by atoms with Crippen molar-refractivity contribution < 1.29 is 9.53 Å². The van der Waals surface area contributed by atoms with E-state index in [0.29, 0.717) is 30.9 Å². The first-order valence-electron chi connectivity index (χ1n) is 13.1. The number of methoxy groups -OCH3 is 1. The van der Waals surface area contributed by atoms with Crippen molar-refractivity contribution in [3.63, 3.8) is 0 Å². The maximum atomic E-state index is 13.4. The Morgan fingerprint density at radius 3 is 2.57 bits per heavy atom. The molecular formula is C29H34N6O2. The Morgan fingerprint density at radius 1 is 1.00 bits per heavy atom. The van der Waals surface area contributed by atoms with Crippen LogP contribution in [-0.4, -0.2) is 63.8 Å². The third-order valence-corrected chi connectivity index (χ3v) is 7.01. The molecule has 1 aliphatic rings. The Morgan fingerprint density at radius 2 is 1.78 bits per heavy atom. The molecule has 1 saturated heterocycles. The summed E-state index contributed by atoms with van der Waals surface area (Å²) in [7, 11) is 1.60. The minimum Gasteiger partial charge on any atom is -0.496 e. The number of para-hydroxylation sites is 2. The van der Waals surface area contributed by atoms with E-state index < -0.39 is 0 Å². The highest BCUT2D eigenvalue weighted by Gasteiger charge is 2.26. The van der Waals surface area contributed by atoms with E-state index >= 15 is 0 Å². The van der Waals surface area contributed by atoms with Gasteiger partial charge in [-0.15, -0.1) is 0 Å². The summed E-state index contributed by atoms with van der Waals surface area (Å²) in [6.45, 7) is 7.16. The van der Waals surface area contributed by atoms with E-state index in [-0.39, 0.29) is 11.8 Å². The van der Waals surface area contributed by atoms with Crippen molar-refractivity contribution in [3.05, 3.63) is 72.2 Å². The molecule has 1 atom stereocenters. The van der Waals surface area contributed by atoms with Crippen LogP contribution in [0.15, 0.2) is 60.8 Å². The molecule has 8 heteroatoms. The molecule has 2 aromatic heterocycles. The third-order valence-electron chi connectivity index (χ3n) is 7.01. The zero-order valence-electron chi connectivity index (χ0n) is 21.8. The lowest BCUT2D eigenvalue weighted by molar-refractivity contribution is 0.0763. The lowest BCUT2D eigenvalue weighted by atomic mass is 10.1. The number of carbonyl (C=O) groups is 1. The standard InChI is InChI=1S/C29H34N6O2/c1-4-11-21(2)26-31-27(24-20-30-35(28(24)32-26)22-12-6-5-7-13-22)33-16-10-17-34(19-18-33)29(36)23-14-8-9-15-25(23)37-3/h5-9,12-15,20-21H,4,10-11,16-19H2,1-3H3. The van der Waals surface area contributed by atoms with Gasteiger partial charge in [-0.3, -0.25) is 4.79 Å². The largest absolute Gasteiger partial charge is 0.496 e. The van der Waals surface area contributed by atoms with Crippen LogP contribution in [0.5, 0.6) is 5.75 Å². The smallest absolute Gasteiger partial charge is 0.257 e. The predicted octanol–water partition coefficient (Wildman–Crippen LogP) is 5.08. The zero-order valence-corrected chi connectivity index (χ0v) is 21.8. The van der Waals surface area contributed by atoms with E-state index in [1.807, 2.05) is 70.4 Å². The van der Waals surface area contributed by atoms with Crippen LogP contribution < -0.4 is 9.64 Å². The number of nitrogens with zero attached hydrogens (tertiary/aromatic N) is 6. The van der Waals surface area contributed by atoms with Crippen molar-refractivity contribution >= 4 is 22.8 Å². The molecule has 37 heavy (non-hydrogen) atoms. The van der Waals surface area contributed by atoms with E-state index in [1.54, 1.807) is 7.11 Å². The number of amides is 1. The van der Waals surface area contributed by atoms with Crippen LogP contribution in [0.3, 0.4) is 0 Å². The summed E-state index contributed by atoms with van der Waals surface area (Å²) < 4.78 is 7.34. The van der Waals surface area contributed by atoms with Gasteiger partial charge < -0.3 is 14.5 Å². The quantitative estimate of drug-likeness (QED) is 0.354. The summed E-state index contributed by atoms with van der Waals surface area (Å²) in [5, 5.41) is 5.63. The van der Waals surface area contributed by atoms with Crippen molar-refractivity contribution in [2.75, 3.05) is 38.2 Å². The molecule has 1 fully saturated rings. The van der Waals surface area contributed by atoms with Gasteiger partial charge in [0.1, 0.15) is 17.4 Å². The van der Waals surface area contributed by atoms with Crippen LogP contribution >= 0.6 is 0 Å². The van der Waals surface area contributed by atoms with Crippen LogP contribution in [0.25, 0.3) is 16.7 Å². The summed E-state index contributed by atoms with van der Waals surface area (Å²) in [4.78, 5) is 27.6. The Hall–Kier alpha value is -3.94. The Kier molecular flexibility index (Phi) is 7.35. The minimum atomic E-state index is 0.00119. The van der Waals surface area contributed by atoms with Crippen LogP contribution in [0.2, 0.25) is 0 Å². The molecule has 0 radical (unpaired) electrons. The van der Waals surface area contributed by atoms with E-state index in [4.69, 9.17) is 19.8 Å². The van der Waals surface area contributed by atoms with Crippen molar-refractivity contribution in [1.29, 1.82) is 0 Å². The number of benzene rings is 2. The lowest BCUT2D eigenvalue weighted by Crippen LogP contribution is -2.35. The van der Waals surface area contributed by atoms with Gasteiger partial charge in [-0.25, -0.2) is 14.6 Å². The maximum Gasteiger partial charge on any atom is 0.257 e. The molecule has 2 aromatic carbocycles. The first-order chi connectivity index (χ1) is 18.1. The molecule has 5 rings (SSSR count). The fraction of sp³-hybridized carbons (Fsp3) is 0.379. The molecule has 0 aliphatic carbocycles. The molecule has 0 bridgehead atoms. The Labute approximate surface area is 217 Å². The number of hydrogen-bond donors (Lipinski definition) is 0. The highest BCUT2D eigenvalue weighted by atomic mass is 16.5. The van der Waals surface area contributed by atoms with Gasteiger partial charge in [0, 0.05) is 32.1 Å². The zero-order chi connectivity index (χ0) is 25.8. The minimum absolute atomic E-state index is 0.00119. The summed E-state index contributed by atoms with van der Waals surface area (Å²) in [6, 6.07) is 17.5. The fourth-order valence-electron chi connectivity index (χ4n) is 5.02. The van der Waals surface area contributed by atoms with Crippen LogP contribution in [0.4, 0.5) is 5.82 Å². The maximum absolute atomic E-state index is 13.4. The van der Waals surface area contributed by atoms with Gasteiger partial charge in [0.05, 0.1) is 29.9 Å². The normalized spacial score (nSPS) is 15.0. The molecule has 1 aliphatic heterocycles. The Balaban J connectivity index is 1.48. The van der Waals surface area contributed by atoms with Crippen molar-refractivity contribution in [2.45, 2.75) is 39.0 Å². The third kappa shape index (κ3) is 5.01. The molecule has 8 nitrogen and oxygen atoms in total. The van der Waals surface area contributed by atoms with E-state index in [9.17, 15) is 4.79 Å². The second kappa shape index (κ2) is 11.0. The first-order valence-corrected chi connectivity index (χ1v) is 13.1. The predicted molar refractivity (Wildman–Crippen MR) is 146 cm³/mol. The Bertz CT molecular complexity index is 1370. The van der Waals surface area contributed by atoms with Crippen LogP contribution in [0, 0.1) is 0 Å². The highest BCUT2D eigenvalue weighted by Crippen LogP contribution is 2.30. The lowest BCUT2D eigenvalue weighted by Gasteiger charge is -2.24. The van der Waals surface area contributed by atoms with Gasteiger partial charge in [-0.2, -0.15) is 5.10 Å². The van der Waals surface area contributed by atoms with Crippen molar-refractivity contribution in [2.24, 2.45) is 0 Å². The fourth-order valence-corrected chi connectivity index (χ4v) is 5.02. The molecule has 3 heterocycles. The van der Waals surface area contributed by atoms with Crippen LogP contribution in [0.1, 0.15) is 55.2 Å². The monoisotopic (exact) mass is 498 g/mol. The number of aromatic nitrogens is 4. The number of rotatable bonds is 7. The van der Waals surface area contributed by atoms with E-state index in [0.717, 1.165) is 54.2 Å². The topological polar surface area (TPSA) is 76.4 Å². The molecule has 1 unspecified atom stereocenters. The van der Waals surface area contributed by atoms with E-state index in [1.165, 1.54) is 0 Å². The number of fused-ring (bicyclic) bond motifs is 1. The average molecular weight is 499 g/mol. The van der Waals surface area contributed by atoms with Gasteiger partial charge in [0.15, 0.2) is 5.65 Å². The summed E-state index contributed by atoms with van der Waals surface area (Å²) in [5.41, 5.74) is 2.39. The van der Waals surface area contributed by atoms with Gasteiger partial charge in [0.25, 0.3) is 5.91 Å². The van der Waals surface area contributed by atoms with Crippen LogP contribution in [-0.2, 0) is 0 Å². The second-order valence-corrected chi connectivity index (χ2v) is 9.56. The molecule has 192 valence electrons. The van der Waals surface area contributed by atoms with Crippen molar-refractivity contribution in [1.82, 2.24) is 24.6 Å². The summed E-state index contributed by atoms with van der Waals surface area (Å²) in [5.74, 6) is 2.59. The van der Waals surface area contributed by atoms with E-state index in [2.05, 4.69) is 18.7 Å². The number of carbonyl (C=O) groups excluding carboxylic acids is 1. The summed E-state index contributed by atoms with van der Waals surface area (Å²) >= 11 is 0. The molecule has 1 amide bonds. The summed E-state index contributed by atoms with van der Waals surface area (Å²) in [6.07, 6.45) is 4.80. The SMILES string of the molecule is CCCC(C)c1nc(N2CCCN(C(=O)c3ccccc3OC)CC2)c2cnn(-c3ccccc3)c2n1. The molecule has 0 spiro atoms. The number of anilines is 1. The van der Waals surface area contributed by atoms with Gasteiger partial charge >= 0.3 is 0 Å². The second-order valence-electron chi connectivity index (χ2n) is 9.56. The van der Waals surface area contributed by atoms with Crippen molar-refractivity contribution in [3.8, 4) is 11.4 Å². The molecular weight excluding hydrogens is 464 g/mol. The highest BCUT2D eigenvalue weighted by molar-refractivity contribution is 5.97. The number of hydrogen-bond acceptors (Lipinski definition) is 6. The molecule has 0 N–H and O–H groups in total. The van der Waals surface area contributed by atoms with Gasteiger partial charge in [0.2, 0.25) is 0 Å².